The van der Waals surface area contributed by atoms with E-state index in [1.54, 1.807) is 32.9 Å². The first-order chi connectivity index (χ1) is 17.6. The van der Waals surface area contributed by atoms with Gasteiger partial charge in [0, 0.05) is 11.8 Å². The normalized spacial score (nSPS) is 20.1. The number of benzene rings is 1. The van der Waals surface area contributed by atoms with Gasteiger partial charge in [0.15, 0.2) is 23.2 Å². The number of pyridine rings is 1. The van der Waals surface area contributed by atoms with E-state index in [9.17, 15) is 24.3 Å². The van der Waals surface area contributed by atoms with Gasteiger partial charge in [0.25, 0.3) is 5.91 Å². The lowest BCUT2D eigenvalue weighted by Gasteiger charge is -2.25. The number of amides is 1. The number of carbonyl (C=O) groups excluding carboxylic acids is 4. The molecule has 1 fully saturated rings. The third-order valence-electron chi connectivity index (χ3n) is 5.68. The topological polar surface area (TPSA) is 150 Å². The Balaban J connectivity index is 1.83. The summed E-state index contributed by atoms with van der Waals surface area (Å²) < 4.78 is 21.3. The molecule has 0 aliphatic carbocycles. The van der Waals surface area contributed by atoms with Gasteiger partial charge in [0.1, 0.15) is 25.2 Å². The number of carbonyl (C=O) groups is 4. The van der Waals surface area contributed by atoms with Crippen molar-refractivity contribution in [2.45, 2.75) is 39.3 Å². The third kappa shape index (κ3) is 6.96. The van der Waals surface area contributed by atoms with Crippen LogP contribution in [0, 0.1) is 18.8 Å². The van der Waals surface area contributed by atoms with E-state index in [-0.39, 0.29) is 17.9 Å². The summed E-state index contributed by atoms with van der Waals surface area (Å²) in [6.07, 6.45) is -0.932. The van der Waals surface area contributed by atoms with Crippen LogP contribution in [0.1, 0.15) is 35.6 Å². The van der Waals surface area contributed by atoms with Gasteiger partial charge < -0.3 is 29.4 Å². The van der Waals surface area contributed by atoms with Crippen molar-refractivity contribution >= 4 is 23.8 Å². The maximum Gasteiger partial charge on any atom is 0.332 e. The standard InChI is InChI=1S/C26H30N2O9/c1-14(2)24(31)37-20-13-36-26(33)18(12-35-25(32)17(20)11-16-8-6-5-7-9-16)28-23(30)21-22(29)19(34-4)10-15(3)27-21/h5-10,14,17-18,20,29H,11-13H2,1-4H3,(H,28,30)/t17-,18+,20+/m1/s1. The number of hydrogen-bond acceptors (Lipinski definition) is 10. The Morgan fingerprint density at radius 2 is 1.81 bits per heavy atom. The van der Waals surface area contributed by atoms with Crippen molar-refractivity contribution in [1.82, 2.24) is 10.3 Å². The van der Waals surface area contributed by atoms with E-state index < -0.39 is 66.8 Å². The van der Waals surface area contributed by atoms with E-state index in [1.165, 1.54) is 13.2 Å². The van der Waals surface area contributed by atoms with Crippen LogP contribution in [0.25, 0.3) is 0 Å². The average molecular weight is 515 g/mol. The maximum absolute atomic E-state index is 13.1. The van der Waals surface area contributed by atoms with Crippen LogP contribution in [0.15, 0.2) is 36.4 Å². The van der Waals surface area contributed by atoms with Crippen LogP contribution in [-0.4, -0.2) is 66.4 Å². The second kappa shape index (κ2) is 12.2. The van der Waals surface area contributed by atoms with E-state index in [0.717, 1.165) is 5.56 Å². The van der Waals surface area contributed by atoms with Crippen LogP contribution in [0.2, 0.25) is 0 Å². The van der Waals surface area contributed by atoms with Gasteiger partial charge in [-0.15, -0.1) is 0 Å². The number of ether oxygens (including phenoxy) is 4. The van der Waals surface area contributed by atoms with Crippen molar-refractivity contribution in [2.75, 3.05) is 20.3 Å². The van der Waals surface area contributed by atoms with Crippen LogP contribution >= 0.6 is 0 Å². The van der Waals surface area contributed by atoms with Gasteiger partial charge in [-0.2, -0.15) is 0 Å². The molecule has 3 atom stereocenters. The molecular formula is C26H30N2O9. The molecule has 1 aromatic heterocycles. The zero-order valence-corrected chi connectivity index (χ0v) is 21.1. The fourth-order valence-electron chi connectivity index (χ4n) is 3.64. The molecule has 0 unspecified atom stereocenters. The number of nitrogens with zero attached hydrogens (tertiary/aromatic N) is 1. The molecule has 3 rings (SSSR count). The fourth-order valence-corrected chi connectivity index (χ4v) is 3.64. The fraction of sp³-hybridized carbons (Fsp3) is 0.423. The van der Waals surface area contributed by atoms with Crippen LogP contribution < -0.4 is 10.1 Å². The zero-order chi connectivity index (χ0) is 27.1. The van der Waals surface area contributed by atoms with Crippen LogP contribution in [0.3, 0.4) is 0 Å². The van der Waals surface area contributed by atoms with Gasteiger partial charge in [0.05, 0.1) is 13.0 Å². The summed E-state index contributed by atoms with van der Waals surface area (Å²) in [5.41, 5.74) is 0.809. The number of nitrogens with one attached hydrogen (secondary N) is 1. The van der Waals surface area contributed by atoms with Gasteiger partial charge in [0.2, 0.25) is 0 Å². The van der Waals surface area contributed by atoms with Gasteiger partial charge in [-0.25, -0.2) is 9.78 Å². The summed E-state index contributed by atoms with van der Waals surface area (Å²) in [4.78, 5) is 55.1. The Labute approximate surface area is 214 Å². The predicted molar refractivity (Wildman–Crippen MR) is 129 cm³/mol. The highest BCUT2D eigenvalue weighted by atomic mass is 16.6. The summed E-state index contributed by atoms with van der Waals surface area (Å²) in [5, 5.41) is 12.7. The number of methoxy groups -OCH3 is 1. The van der Waals surface area contributed by atoms with E-state index in [0.29, 0.717) is 5.69 Å². The summed E-state index contributed by atoms with van der Waals surface area (Å²) in [5.74, 6) is -5.02. The maximum atomic E-state index is 13.1. The van der Waals surface area contributed by atoms with Gasteiger partial charge in [-0.05, 0) is 18.9 Å². The van der Waals surface area contributed by atoms with Crippen molar-refractivity contribution in [3.05, 3.63) is 53.3 Å². The summed E-state index contributed by atoms with van der Waals surface area (Å²) >= 11 is 0. The van der Waals surface area contributed by atoms with Crippen LogP contribution in [0.4, 0.5) is 0 Å². The molecule has 2 heterocycles. The summed E-state index contributed by atoms with van der Waals surface area (Å²) in [7, 11) is 1.32. The van der Waals surface area contributed by atoms with E-state index in [2.05, 4.69) is 10.3 Å². The third-order valence-corrected chi connectivity index (χ3v) is 5.68. The molecule has 11 heteroatoms. The Morgan fingerprint density at radius 1 is 1.14 bits per heavy atom. The second-order valence-electron chi connectivity index (χ2n) is 8.88. The average Bonchev–Trinajstić information content (AvgIpc) is 2.92. The predicted octanol–water partition coefficient (Wildman–Crippen LogP) is 1.73. The monoisotopic (exact) mass is 514 g/mol. The van der Waals surface area contributed by atoms with Crippen molar-refractivity contribution in [3.63, 3.8) is 0 Å². The number of aromatic nitrogens is 1. The molecule has 1 aliphatic heterocycles. The molecule has 1 saturated heterocycles. The molecular weight excluding hydrogens is 484 g/mol. The molecule has 0 radical (unpaired) electrons. The number of aryl methyl sites for hydroxylation is 1. The molecule has 11 nitrogen and oxygen atoms in total. The summed E-state index contributed by atoms with van der Waals surface area (Å²) in [6, 6.07) is 9.10. The van der Waals surface area contributed by atoms with E-state index >= 15 is 0 Å². The lowest BCUT2D eigenvalue weighted by molar-refractivity contribution is -0.169. The van der Waals surface area contributed by atoms with Gasteiger partial charge >= 0.3 is 17.9 Å². The molecule has 2 aromatic rings. The van der Waals surface area contributed by atoms with Gasteiger partial charge in [-0.3, -0.25) is 14.4 Å². The lowest BCUT2D eigenvalue weighted by Crippen LogP contribution is -2.45. The number of rotatable bonds is 7. The zero-order valence-electron chi connectivity index (χ0n) is 21.1. The highest BCUT2D eigenvalue weighted by molar-refractivity contribution is 5.98. The highest BCUT2D eigenvalue weighted by Crippen LogP contribution is 2.29. The van der Waals surface area contributed by atoms with Crippen molar-refractivity contribution < 1.29 is 43.2 Å². The minimum absolute atomic E-state index is 0.0275. The van der Waals surface area contributed by atoms with Crippen molar-refractivity contribution in [3.8, 4) is 11.5 Å². The molecule has 2 N–H and O–H groups in total. The quantitative estimate of drug-likeness (QED) is 0.413. The molecule has 0 spiro atoms. The molecule has 1 aliphatic rings. The number of cyclic esters (lactones) is 2. The minimum atomic E-state index is -1.40. The lowest BCUT2D eigenvalue weighted by atomic mass is 9.94. The summed E-state index contributed by atoms with van der Waals surface area (Å²) in [6.45, 7) is 3.92. The number of hydrogen-bond donors (Lipinski definition) is 2. The smallest absolute Gasteiger partial charge is 0.332 e. The molecule has 0 saturated carbocycles. The molecule has 198 valence electrons. The number of esters is 3. The molecule has 1 aromatic carbocycles. The SMILES string of the molecule is COc1cc(C)nc(C(=O)N[C@H]2COC(=O)[C@H](Cc3ccccc3)[C@@H](OC(=O)C(C)C)COC2=O)c1O. The highest BCUT2D eigenvalue weighted by Gasteiger charge is 2.38. The Kier molecular flexibility index (Phi) is 9.05. The first kappa shape index (κ1) is 27.4. The number of aromatic hydroxyl groups is 1. The Morgan fingerprint density at radius 3 is 2.46 bits per heavy atom. The van der Waals surface area contributed by atoms with Gasteiger partial charge in [-0.1, -0.05) is 44.2 Å². The molecule has 1 amide bonds. The van der Waals surface area contributed by atoms with Crippen molar-refractivity contribution in [2.24, 2.45) is 11.8 Å². The largest absolute Gasteiger partial charge is 0.503 e. The van der Waals surface area contributed by atoms with E-state index in [4.69, 9.17) is 18.9 Å². The molecule has 0 bridgehead atoms. The van der Waals surface area contributed by atoms with Crippen LogP contribution in [0.5, 0.6) is 11.5 Å². The van der Waals surface area contributed by atoms with Crippen LogP contribution in [-0.2, 0) is 35.0 Å². The minimum Gasteiger partial charge on any atom is -0.503 e. The molecule has 37 heavy (non-hydrogen) atoms. The second-order valence-corrected chi connectivity index (χ2v) is 8.88. The first-order valence-corrected chi connectivity index (χ1v) is 11.7. The first-order valence-electron chi connectivity index (χ1n) is 11.7. The Bertz CT molecular complexity index is 1150. The van der Waals surface area contributed by atoms with E-state index in [1.807, 2.05) is 18.2 Å². The van der Waals surface area contributed by atoms with Crippen molar-refractivity contribution in [1.29, 1.82) is 0 Å². The Hall–Kier alpha value is -4.15.